The van der Waals surface area contributed by atoms with Gasteiger partial charge in [0.15, 0.2) is 0 Å². The van der Waals surface area contributed by atoms with Gasteiger partial charge in [0.2, 0.25) is 0 Å². The molecule has 0 unspecified atom stereocenters. The van der Waals surface area contributed by atoms with Gasteiger partial charge >= 0.3 is 0 Å². The van der Waals surface area contributed by atoms with Crippen LogP contribution in [0, 0.1) is 17.8 Å². The van der Waals surface area contributed by atoms with Crippen LogP contribution < -0.4 is 5.32 Å². The number of nitrogens with zero attached hydrogens (tertiary/aromatic N) is 2. The van der Waals surface area contributed by atoms with E-state index in [0.29, 0.717) is 11.6 Å². The SMILES string of the molecule is CC#Cc1cc2cnc(C(=O)N[C@H]3CN4CCC3CC4)cc2s1. The highest BCUT2D eigenvalue weighted by Gasteiger charge is 2.35. The van der Waals surface area contributed by atoms with Crippen LogP contribution >= 0.6 is 11.3 Å². The fourth-order valence-electron chi connectivity index (χ4n) is 3.61. The maximum atomic E-state index is 12.5. The topological polar surface area (TPSA) is 45.2 Å². The van der Waals surface area contributed by atoms with Crippen molar-refractivity contribution in [2.75, 3.05) is 19.6 Å². The summed E-state index contributed by atoms with van der Waals surface area (Å²) in [6, 6.07) is 4.18. The molecule has 5 heterocycles. The highest BCUT2D eigenvalue weighted by atomic mass is 32.1. The van der Waals surface area contributed by atoms with Crippen molar-refractivity contribution in [1.82, 2.24) is 15.2 Å². The normalized spacial score (nSPS) is 25.9. The zero-order chi connectivity index (χ0) is 15.8. The average Bonchev–Trinajstić information content (AvgIpc) is 2.97. The van der Waals surface area contributed by atoms with Crippen molar-refractivity contribution in [2.24, 2.45) is 5.92 Å². The number of thiophene rings is 1. The number of piperidine rings is 3. The Balaban J connectivity index is 1.53. The molecule has 1 amide bonds. The van der Waals surface area contributed by atoms with Crippen LogP contribution in [0.5, 0.6) is 0 Å². The summed E-state index contributed by atoms with van der Waals surface area (Å²) in [6.45, 7) is 5.17. The quantitative estimate of drug-likeness (QED) is 0.863. The molecule has 3 fully saturated rings. The first-order valence-electron chi connectivity index (χ1n) is 8.08. The van der Waals surface area contributed by atoms with Crippen molar-refractivity contribution in [3.05, 3.63) is 28.9 Å². The Labute approximate surface area is 139 Å². The Morgan fingerprint density at radius 3 is 2.91 bits per heavy atom. The third-order valence-electron chi connectivity index (χ3n) is 4.86. The second-order valence-corrected chi connectivity index (χ2v) is 7.39. The molecule has 3 saturated heterocycles. The summed E-state index contributed by atoms with van der Waals surface area (Å²) in [4.78, 5) is 20.3. The Kier molecular flexibility index (Phi) is 3.80. The van der Waals surface area contributed by atoms with Gasteiger partial charge in [-0.05, 0) is 50.9 Å². The van der Waals surface area contributed by atoms with Crippen LogP contribution in [0.4, 0.5) is 0 Å². The zero-order valence-corrected chi connectivity index (χ0v) is 13.9. The van der Waals surface area contributed by atoms with Gasteiger partial charge in [-0.2, -0.15) is 0 Å². The van der Waals surface area contributed by atoms with Crippen LogP contribution in [0.3, 0.4) is 0 Å². The fourth-order valence-corrected chi connectivity index (χ4v) is 4.59. The lowest BCUT2D eigenvalue weighted by atomic mass is 9.84. The zero-order valence-electron chi connectivity index (χ0n) is 13.1. The average molecular weight is 325 g/mol. The van der Waals surface area contributed by atoms with Crippen LogP contribution in [0.1, 0.15) is 35.1 Å². The van der Waals surface area contributed by atoms with E-state index in [0.717, 1.165) is 21.5 Å². The first-order chi connectivity index (χ1) is 11.2. The molecule has 2 bridgehead atoms. The molecule has 23 heavy (non-hydrogen) atoms. The first kappa shape index (κ1) is 14.7. The predicted octanol–water partition coefficient (Wildman–Crippen LogP) is 2.49. The number of fused-ring (bicyclic) bond motifs is 4. The Morgan fingerprint density at radius 1 is 1.39 bits per heavy atom. The second kappa shape index (κ2) is 5.95. The number of hydrogen-bond acceptors (Lipinski definition) is 4. The molecule has 0 spiro atoms. The van der Waals surface area contributed by atoms with Gasteiger partial charge in [-0.15, -0.1) is 17.3 Å². The number of aromatic nitrogens is 1. The molecule has 1 atom stereocenters. The Bertz CT molecular complexity index is 809. The van der Waals surface area contributed by atoms with E-state index in [1.165, 1.54) is 25.9 Å². The number of carbonyl (C=O) groups excluding carboxylic acids is 1. The van der Waals surface area contributed by atoms with Gasteiger partial charge in [-0.1, -0.05) is 5.92 Å². The van der Waals surface area contributed by atoms with Gasteiger partial charge in [-0.3, -0.25) is 9.78 Å². The first-order valence-corrected chi connectivity index (χ1v) is 8.90. The minimum absolute atomic E-state index is 0.0535. The van der Waals surface area contributed by atoms with Crippen LogP contribution in [0.25, 0.3) is 10.1 Å². The third kappa shape index (κ3) is 2.85. The Hall–Kier alpha value is -1.90. The molecule has 118 valence electrons. The molecule has 0 aromatic carbocycles. The van der Waals surface area contributed by atoms with Gasteiger partial charge in [0.25, 0.3) is 5.91 Å². The number of carbonyl (C=O) groups is 1. The van der Waals surface area contributed by atoms with Crippen molar-refractivity contribution >= 4 is 27.3 Å². The summed E-state index contributed by atoms with van der Waals surface area (Å²) >= 11 is 1.61. The maximum absolute atomic E-state index is 12.5. The van der Waals surface area contributed by atoms with Gasteiger partial charge in [-0.25, -0.2) is 0 Å². The monoisotopic (exact) mass is 325 g/mol. The van der Waals surface area contributed by atoms with Crippen molar-refractivity contribution in [3.63, 3.8) is 0 Å². The van der Waals surface area contributed by atoms with Gasteiger partial charge in [0.1, 0.15) is 5.69 Å². The molecule has 5 rings (SSSR count). The lowest BCUT2D eigenvalue weighted by molar-refractivity contribution is 0.0618. The van der Waals surface area contributed by atoms with Crippen molar-refractivity contribution in [3.8, 4) is 11.8 Å². The van der Waals surface area contributed by atoms with E-state index in [1.54, 1.807) is 17.5 Å². The third-order valence-corrected chi connectivity index (χ3v) is 5.87. The molecule has 0 saturated carbocycles. The predicted molar refractivity (Wildman–Crippen MR) is 92.6 cm³/mol. The molecule has 5 heteroatoms. The van der Waals surface area contributed by atoms with Crippen molar-refractivity contribution in [1.29, 1.82) is 0 Å². The summed E-state index contributed by atoms with van der Waals surface area (Å²) in [5.41, 5.74) is 0.506. The standard InChI is InChI=1S/C18H19N3OS/c1-2-3-14-8-13-10-19-15(9-17(13)23-14)18(22)20-16-11-21-6-4-12(16)5-7-21/h8-10,12,16H,4-7,11H2,1H3,(H,20,22)/t16-/m0/s1. The number of hydrogen-bond donors (Lipinski definition) is 1. The molecular weight excluding hydrogens is 306 g/mol. The molecule has 2 aromatic heterocycles. The molecule has 0 radical (unpaired) electrons. The summed E-state index contributed by atoms with van der Waals surface area (Å²) in [5, 5.41) is 4.25. The largest absolute Gasteiger partial charge is 0.346 e. The van der Waals surface area contributed by atoms with Crippen LogP contribution in [-0.2, 0) is 0 Å². The fraction of sp³-hybridized carbons (Fsp3) is 0.444. The van der Waals surface area contributed by atoms with Gasteiger partial charge < -0.3 is 10.2 Å². The van der Waals surface area contributed by atoms with Gasteiger partial charge in [0, 0.05) is 28.9 Å². The molecule has 4 nitrogen and oxygen atoms in total. The van der Waals surface area contributed by atoms with E-state index >= 15 is 0 Å². The second-order valence-electron chi connectivity index (χ2n) is 6.31. The molecule has 0 aliphatic carbocycles. The minimum atomic E-state index is -0.0535. The number of amides is 1. The van der Waals surface area contributed by atoms with Gasteiger partial charge in [0.05, 0.1) is 4.88 Å². The van der Waals surface area contributed by atoms with E-state index in [1.807, 2.05) is 19.1 Å². The summed E-state index contributed by atoms with van der Waals surface area (Å²) < 4.78 is 1.07. The summed E-state index contributed by atoms with van der Waals surface area (Å²) in [5.74, 6) is 6.54. The van der Waals surface area contributed by atoms with Crippen molar-refractivity contribution < 1.29 is 4.79 Å². The van der Waals surface area contributed by atoms with E-state index in [9.17, 15) is 4.79 Å². The maximum Gasteiger partial charge on any atom is 0.270 e. The highest BCUT2D eigenvalue weighted by Crippen LogP contribution is 2.28. The Morgan fingerprint density at radius 2 is 2.22 bits per heavy atom. The van der Waals surface area contributed by atoms with E-state index in [4.69, 9.17) is 0 Å². The minimum Gasteiger partial charge on any atom is -0.346 e. The van der Waals surface area contributed by atoms with E-state index in [2.05, 4.69) is 27.0 Å². The summed E-state index contributed by atoms with van der Waals surface area (Å²) in [6.07, 6.45) is 4.17. The molecular formula is C18H19N3OS. The van der Waals surface area contributed by atoms with E-state index < -0.39 is 0 Å². The van der Waals surface area contributed by atoms with Crippen LogP contribution in [-0.4, -0.2) is 41.5 Å². The number of rotatable bonds is 2. The van der Waals surface area contributed by atoms with E-state index in [-0.39, 0.29) is 11.9 Å². The van der Waals surface area contributed by atoms with Crippen LogP contribution in [0.15, 0.2) is 18.3 Å². The lowest BCUT2D eigenvalue weighted by Gasteiger charge is -2.44. The summed E-state index contributed by atoms with van der Waals surface area (Å²) in [7, 11) is 0. The highest BCUT2D eigenvalue weighted by molar-refractivity contribution is 7.19. The molecule has 2 aromatic rings. The van der Waals surface area contributed by atoms with Crippen molar-refractivity contribution in [2.45, 2.75) is 25.8 Å². The number of pyridine rings is 1. The number of nitrogens with one attached hydrogen (secondary N) is 1. The van der Waals surface area contributed by atoms with Crippen LogP contribution in [0.2, 0.25) is 0 Å². The molecule has 3 aliphatic heterocycles. The molecule has 3 aliphatic rings. The smallest absolute Gasteiger partial charge is 0.270 e. The lowest BCUT2D eigenvalue weighted by Crippen LogP contribution is -2.57. The molecule has 1 N–H and O–H groups in total.